The maximum atomic E-state index is 13.6. The lowest BCUT2D eigenvalue weighted by atomic mass is 9.93. The lowest BCUT2D eigenvalue weighted by Gasteiger charge is -2.28. The fraction of sp³-hybridized carbons (Fsp3) is 0.324. The lowest BCUT2D eigenvalue weighted by Crippen LogP contribution is -2.37. The summed E-state index contributed by atoms with van der Waals surface area (Å²) in [5.74, 6) is -2.42. The number of amides is 1. The first kappa shape index (κ1) is 37.8. The largest absolute Gasteiger partial charge is 0.481 e. The number of allylic oxidation sites excluding steroid dienone is 2. The van der Waals surface area contributed by atoms with Crippen molar-refractivity contribution in [2.24, 2.45) is 4.99 Å². The molecule has 1 aliphatic rings. The minimum atomic E-state index is -5.22. The topological polar surface area (TPSA) is 94.0 Å². The first-order valence-corrected chi connectivity index (χ1v) is 15.2. The number of carboxylic acids is 1. The van der Waals surface area contributed by atoms with Crippen LogP contribution in [0.5, 0.6) is 0 Å². The maximum absolute atomic E-state index is 13.6. The van der Waals surface area contributed by atoms with Gasteiger partial charge in [0.15, 0.2) is 0 Å². The second-order valence-electron chi connectivity index (χ2n) is 11.4. The van der Waals surface area contributed by atoms with Gasteiger partial charge in [-0.2, -0.15) is 39.5 Å². The van der Waals surface area contributed by atoms with Crippen LogP contribution in [0.1, 0.15) is 64.7 Å². The normalized spacial score (nSPS) is 14.2. The first-order chi connectivity index (χ1) is 23.4. The molecule has 0 spiro atoms. The van der Waals surface area contributed by atoms with E-state index in [1.165, 1.54) is 29.2 Å². The van der Waals surface area contributed by atoms with Crippen LogP contribution in [-0.4, -0.2) is 42.2 Å². The van der Waals surface area contributed by atoms with Crippen LogP contribution in [0.3, 0.4) is 0 Å². The van der Waals surface area contributed by atoms with E-state index in [1.807, 2.05) is 0 Å². The molecule has 0 bridgehead atoms. The lowest BCUT2D eigenvalue weighted by molar-refractivity contribution is -0.143. The number of hydrogen-bond acceptors (Lipinski definition) is 3. The Morgan fingerprint density at radius 1 is 0.820 bits per heavy atom. The molecule has 0 atom stereocenters. The SMILES string of the molecule is O=C(O)CCNC(=O)c1ccc(CN(/C(=N\CC(F)(F)F)Nc2cc(C(F)(F)F)cc(C(F)(F)F)c2)c2ccc(C3=CCCCC3)cc2)cc1. The number of carbonyl (C=O) groups excluding carboxylic acids is 1. The summed E-state index contributed by atoms with van der Waals surface area (Å²) in [5, 5.41) is 13.5. The number of nitrogens with one attached hydrogen (secondary N) is 2. The fourth-order valence-corrected chi connectivity index (χ4v) is 5.09. The first-order valence-electron chi connectivity index (χ1n) is 15.2. The van der Waals surface area contributed by atoms with Gasteiger partial charge >= 0.3 is 24.5 Å². The number of guanidine groups is 1. The molecule has 268 valence electrons. The van der Waals surface area contributed by atoms with Crippen LogP contribution in [0.15, 0.2) is 77.8 Å². The number of carbonyl (C=O) groups is 2. The Bertz CT molecular complexity index is 1680. The number of rotatable bonds is 10. The van der Waals surface area contributed by atoms with Crippen molar-refractivity contribution in [3.05, 3.63) is 101 Å². The molecule has 0 aliphatic heterocycles. The van der Waals surface area contributed by atoms with Gasteiger partial charge in [0.1, 0.15) is 6.54 Å². The molecule has 0 saturated carbocycles. The number of aliphatic imine (C=N–C) groups is 1. The van der Waals surface area contributed by atoms with Crippen molar-refractivity contribution >= 4 is 34.8 Å². The predicted molar refractivity (Wildman–Crippen MR) is 169 cm³/mol. The van der Waals surface area contributed by atoms with Gasteiger partial charge in [0, 0.05) is 23.5 Å². The Morgan fingerprint density at radius 2 is 1.44 bits per heavy atom. The van der Waals surface area contributed by atoms with Crippen LogP contribution in [0.25, 0.3) is 5.57 Å². The number of alkyl halides is 9. The second kappa shape index (κ2) is 15.7. The Kier molecular flexibility index (Phi) is 11.9. The summed E-state index contributed by atoms with van der Waals surface area (Å²) < 4.78 is 122. The molecule has 3 aromatic carbocycles. The Balaban J connectivity index is 1.77. The highest BCUT2D eigenvalue weighted by atomic mass is 19.4. The number of benzene rings is 3. The minimum absolute atomic E-state index is 0.104. The molecular formula is C34H31F9N4O3. The number of carboxylic acid groups (broad SMARTS) is 1. The number of anilines is 2. The van der Waals surface area contributed by atoms with E-state index in [1.54, 1.807) is 24.3 Å². The molecule has 3 N–H and O–H groups in total. The quantitative estimate of drug-likeness (QED) is 0.111. The molecule has 0 aromatic heterocycles. The van der Waals surface area contributed by atoms with Crippen LogP contribution >= 0.6 is 0 Å². The molecule has 50 heavy (non-hydrogen) atoms. The van der Waals surface area contributed by atoms with Gasteiger partial charge < -0.3 is 20.6 Å². The molecule has 0 heterocycles. The molecule has 1 aliphatic carbocycles. The summed E-state index contributed by atoms with van der Waals surface area (Å²) in [4.78, 5) is 27.9. The highest BCUT2D eigenvalue weighted by molar-refractivity contribution is 6.05. The molecule has 7 nitrogen and oxygen atoms in total. The molecule has 1 amide bonds. The molecule has 0 fully saturated rings. The Labute approximate surface area is 280 Å². The van der Waals surface area contributed by atoms with Crippen molar-refractivity contribution in [1.82, 2.24) is 5.32 Å². The van der Waals surface area contributed by atoms with Crippen molar-refractivity contribution in [1.29, 1.82) is 0 Å². The molecule has 0 unspecified atom stereocenters. The highest BCUT2D eigenvalue weighted by Crippen LogP contribution is 2.38. The number of halogens is 9. The summed E-state index contributed by atoms with van der Waals surface area (Å²) in [7, 11) is 0. The van der Waals surface area contributed by atoms with E-state index in [0.717, 1.165) is 36.8 Å². The van der Waals surface area contributed by atoms with E-state index in [-0.39, 0.29) is 36.8 Å². The fourth-order valence-electron chi connectivity index (χ4n) is 5.09. The van der Waals surface area contributed by atoms with Crippen molar-refractivity contribution < 1.29 is 54.2 Å². The third-order valence-corrected chi connectivity index (χ3v) is 7.53. The number of nitrogens with zero attached hydrogens (tertiary/aromatic N) is 2. The number of hydrogen-bond donors (Lipinski definition) is 3. The molecule has 16 heteroatoms. The van der Waals surface area contributed by atoms with Gasteiger partial charge in [-0.3, -0.25) is 9.59 Å². The third-order valence-electron chi connectivity index (χ3n) is 7.53. The summed E-state index contributed by atoms with van der Waals surface area (Å²) in [6.45, 7) is -2.26. The van der Waals surface area contributed by atoms with Crippen LogP contribution < -0.4 is 15.5 Å². The van der Waals surface area contributed by atoms with E-state index < -0.39 is 59.7 Å². The van der Waals surface area contributed by atoms with Gasteiger partial charge in [-0.15, -0.1) is 0 Å². The number of aliphatic carboxylic acids is 1. The second-order valence-corrected chi connectivity index (χ2v) is 11.4. The molecular weight excluding hydrogens is 683 g/mol. The van der Waals surface area contributed by atoms with Crippen LogP contribution in [0.2, 0.25) is 0 Å². The molecule has 0 radical (unpaired) electrons. The van der Waals surface area contributed by atoms with Crippen molar-refractivity contribution in [3.8, 4) is 0 Å². The Morgan fingerprint density at radius 3 is 1.96 bits per heavy atom. The Hall–Kier alpha value is -5.02. The summed E-state index contributed by atoms with van der Waals surface area (Å²) >= 11 is 0. The minimum Gasteiger partial charge on any atom is -0.481 e. The van der Waals surface area contributed by atoms with Gasteiger partial charge in [0.05, 0.1) is 24.1 Å². The zero-order valence-electron chi connectivity index (χ0n) is 26.1. The van der Waals surface area contributed by atoms with Gasteiger partial charge in [0.25, 0.3) is 5.91 Å². The van der Waals surface area contributed by atoms with Crippen molar-refractivity contribution in [3.63, 3.8) is 0 Å². The zero-order chi connectivity index (χ0) is 36.7. The summed E-state index contributed by atoms with van der Waals surface area (Å²) in [6.07, 6.45) is -9.93. The monoisotopic (exact) mass is 714 g/mol. The third kappa shape index (κ3) is 11.0. The smallest absolute Gasteiger partial charge is 0.416 e. The van der Waals surface area contributed by atoms with E-state index in [4.69, 9.17) is 5.11 Å². The maximum Gasteiger partial charge on any atom is 0.416 e. The zero-order valence-corrected chi connectivity index (χ0v) is 26.1. The average Bonchev–Trinajstić information content (AvgIpc) is 3.05. The van der Waals surface area contributed by atoms with Crippen LogP contribution in [0, 0.1) is 0 Å². The molecule has 3 aromatic rings. The summed E-state index contributed by atoms with van der Waals surface area (Å²) in [5.41, 5.74) is -1.58. The van der Waals surface area contributed by atoms with E-state index in [2.05, 4.69) is 21.7 Å². The molecule has 0 saturated heterocycles. The van der Waals surface area contributed by atoms with Crippen molar-refractivity contribution in [2.45, 2.75) is 57.2 Å². The van der Waals surface area contributed by atoms with E-state index in [9.17, 15) is 49.1 Å². The van der Waals surface area contributed by atoms with E-state index in [0.29, 0.717) is 17.7 Å². The predicted octanol–water partition coefficient (Wildman–Crippen LogP) is 8.92. The average molecular weight is 715 g/mol. The van der Waals surface area contributed by atoms with Gasteiger partial charge in [-0.1, -0.05) is 30.3 Å². The van der Waals surface area contributed by atoms with Gasteiger partial charge in [-0.05, 0) is 84.8 Å². The highest BCUT2D eigenvalue weighted by Gasteiger charge is 2.37. The summed E-state index contributed by atoms with van der Waals surface area (Å²) in [6, 6.07) is 12.7. The standard InChI is InChI=1S/C34H31F9N4O3/c35-32(36,37)20-45-31(46-27-17-25(33(38,39)40)16-26(18-27)34(41,42)43)47(28-12-10-23(11-13-28)22-4-2-1-3-5-22)19-21-6-8-24(9-7-21)30(50)44-15-14-29(48)49/h4,6-13,16-18H,1-3,5,14-15,19-20H2,(H,44,50)(H,45,46)(H,48,49). The van der Waals surface area contributed by atoms with Gasteiger partial charge in [0.2, 0.25) is 5.96 Å². The van der Waals surface area contributed by atoms with Crippen molar-refractivity contribution in [2.75, 3.05) is 23.3 Å². The van der Waals surface area contributed by atoms with Crippen LogP contribution in [0.4, 0.5) is 50.9 Å². The van der Waals surface area contributed by atoms with Crippen LogP contribution in [-0.2, 0) is 23.7 Å². The molecule has 4 rings (SSSR count). The van der Waals surface area contributed by atoms with Gasteiger partial charge in [-0.25, -0.2) is 4.99 Å². The van der Waals surface area contributed by atoms with E-state index >= 15 is 0 Å².